The molecule has 0 saturated heterocycles. The first kappa shape index (κ1) is 9.55. The molecule has 66 valence electrons. The van der Waals surface area contributed by atoms with Crippen molar-refractivity contribution in [2.45, 2.75) is 13.5 Å². The number of ether oxygens (including phenoxy) is 1. The van der Waals surface area contributed by atoms with Crippen molar-refractivity contribution in [3.8, 4) is 5.75 Å². The van der Waals surface area contributed by atoms with Gasteiger partial charge in [0.2, 0.25) is 0 Å². The summed E-state index contributed by atoms with van der Waals surface area (Å²) in [6, 6.07) is 3.95. The summed E-state index contributed by atoms with van der Waals surface area (Å²) >= 11 is 3.40. The Hall–Kier alpha value is -0.540. The van der Waals surface area contributed by atoms with Crippen molar-refractivity contribution in [2.24, 2.45) is 5.73 Å². The van der Waals surface area contributed by atoms with Gasteiger partial charge < -0.3 is 10.5 Å². The van der Waals surface area contributed by atoms with E-state index in [4.69, 9.17) is 10.5 Å². The smallest absolute Gasteiger partial charge is 0.136 e. The van der Waals surface area contributed by atoms with Gasteiger partial charge in [0.25, 0.3) is 0 Å². The highest BCUT2D eigenvalue weighted by Gasteiger charge is 2.06. The molecule has 2 nitrogen and oxygen atoms in total. The maximum Gasteiger partial charge on any atom is 0.136 e. The second-order valence-corrected chi connectivity index (χ2v) is 3.42. The lowest BCUT2D eigenvalue weighted by Crippen LogP contribution is -2.00. The number of methoxy groups -OCH3 is 1. The number of rotatable bonds is 2. The van der Waals surface area contributed by atoms with Crippen molar-refractivity contribution in [1.29, 1.82) is 0 Å². The van der Waals surface area contributed by atoms with Gasteiger partial charge in [0.05, 0.1) is 11.6 Å². The van der Waals surface area contributed by atoms with Gasteiger partial charge in [-0.25, -0.2) is 0 Å². The van der Waals surface area contributed by atoms with E-state index in [0.29, 0.717) is 6.54 Å². The zero-order valence-electron chi connectivity index (χ0n) is 7.23. The van der Waals surface area contributed by atoms with Crippen LogP contribution in [-0.4, -0.2) is 7.11 Å². The molecule has 0 aliphatic heterocycles. The van der Waals surface area contributed by atoms with Crippen LogP contribution in [0.3, 0.4) is 0 Å². The minimum atomic E-state index is 0.551. The Bertz CT molecular complexity index is 286. The van der Waals surface area contributed by atoms with Crippen LogP contribution in [0.5, 0.6) is 5.75 Å². The van der Waals surface area contributed by atoms with Crippen molar-refractivity contribution < 1.29 is 4.74 Å². The fraction of sp³-hybridized carbons (Fsp3) is 0.333. The van der Waals surface area contributed by atoms with Gasteiger partial charge in [0.1, 0.15) is 5.75 Å². The SMILES string of the molecule is COc1c(Br)ccc(CN)c1C. The van der Waals surface area contributed by atoms with Crippen LogP contribution in [-0.2, 0) is 6.54 Å². The second kappa shape index (κ2) is 3.92. The predicted molar refractivity (Wildman–Crippen MR) is 53.3 cm³/mol. The average molecular weight is 230 g/mol. The van der Waals surface area contributed by atoms with Crippen molar-refractivity contribution in [1.82, 2.24) is 0 Å². The lowest BCUT2D eigenvalue weighted by atomic mass is 10.1. The van der Waals surface area contributed by atoms with E-state index < -0.39 is 0 Å². The molecule has 1 aromatic carbocycles. The summed E-state index contributed by atoms with van der Waals surface area (Å²) in [7, 11) is 1.66. The number of halogens is 1. The van der Waals surface area contributed by atoms with E-state index in [-0.39, 0.29) is 0 Å². The molecule has 0 bridgehead atoms. The standard InChI is InChI=1S/C9H12BrNO/c1-6-7(5-11)3-4-8(10)9(6)12-2/h3-4H,5,11H2,1-2H3. The number of hydrogen-bond acceptors (Lipinski definition) is 2. The highest BCUT2D eigenvalue weighted by Crippen LogP contribution is 2.30. The third-order valence-corrected chi connectivity index (χ3v) is 2.52. The van der Waals surface area contributed by atoms with Crippen molar-refractivity contribution in [2.75, 3.05) is 7.11 Å². The van der Waals surface area contributed by atoms with Crippen LogP contribution in [0, 0.1) is 6.92 Å². The van der Waals surface area contributed by atoms with E-state index in [1.807, 2.05) is 19.1 Å². The molecule has 0 atom stereocenters. The summed E-state index contributed by atoms with van der Waals surface area (Å²) in [5.74, 6) is 0.873. The second-order valence-electron chi connectivity index (χ2n) is 2.57. The molecule has 0 aliphatic rings. The van der Waals surface area contributed by atoms with Gasteiger partial charge >= 0.3 is 0 Å². The molecule has 0 fully saturated rings. The molecule has 0 heterocycles. The minimum Gasteiger partial charge on any atom is -0.495 e. The van der Waals surface area contributed by atoms with Crippen LogP contribution in [0.25, 0.3) is 0 Å². The predicted octanol–water partition coefficient (Wildman–Crippen LogP) is 2.22. The Balaban J connectivity index is 3.24. The minimum absolute atomic E-state index is 0.551. The first-order chi connectivity index (χ1) is 5.70. The summed E-state index contributed by atoms with van der Waals surface area (Å²) < 4.78 is 6.19. The highest BCUT2D eigenvalue weighted by atomic mass is 79.9. The van der Waals surface area contributed by atoms with Crippen molar-refractivity contribution in [3.05, 3.63) is 27.7 Å². The van der Waals surface area contributed by atoms with E-state index in [1.165, 1.54) is 0 Å². The molecule has 2 N–H and O–H groups in total. The molecule has 0 spiro atoms. The van der Waals surface area contributed by atoms with Gasteiger partial charge in [-0.15, -0.1) is 0 Å². The largest absolute Gasteiger partial charge is 0.495 e. The summed E-state index contributed by atoms with van der Waals surface area (Å²) in [5.41, 5.74) is 7.78. The molecule has 1 aromatic rings. The zero-order valence-corrected chi connectivity index (χ0v) is 8.81. The monoisotopic (exact) mass is 229 g/mol. The molecule has 0 saturated carbocycles. The molecular formula is C9H12BrNO. The lowest BCUT2D eigenvalue weighted by Gasteiger charge is -2.10. The van der Waals surface area contributed by atoms with Crippen LogP contribution in [0.2, 0.25) is 0 Å². The molecular weight excluding hydrogens is 218 g/mol. The van der Waals surface area contributed by atoms with Gasteiger partial charge in [-0.1, -0.05) is 6.07 Å². The van der Waals surface area contributed by atoms with E-state index in [1.54, 1.807) is 7.11 Å². The lowest BCUT2D eigenvalue weighted by molar-refractivity contribution is 0.408. The molecule has 12 heavy (non-hydrogen) atoms. The van der Waals surface area contributed by atoms with Gasteiger partial charge in [0.15, 0.2) is 0 Å². The highest BCUT2D eigenvalue weighted by molar-refractivity contribution is 9.10. The van der Waals surface area contributed by atoms with E-state index in [9.17, 15) is 0 Å². The molecule has 0 unspecified atom stereocenters. The summed E-state index contributed by atoms with van der Waals surface area (Å²) in [5, 5.41) is 0. The molecule has 1 rings (SSSR count). The van der Waals surface area contributed by atoms with Gasteiger partial charge in [-0.3, -0.25) is 0 Å². The summed E-state index contributed by atoms with van der Waals surface area (Å²) in [6.07, 6.45) is 0. The molecule has 3 heteroatoms. The zero-order chi connectivity index (χ0) is 9.14. The Morgan fingerprint density at radius 1 is 1.50 bits per heavy atom. The number of hydrogen-bond donors (Lipinski definition) is 1. The van der Waals surface area contributed by atoms with E-state index >= 15 is 0 Å². The Morgan fingerprint density at radius 2 is 2.17 bits per heavy atom. The van der Waals surface area contributed by atoms with Gasteiger partial charge in [-0.2, -0.15) is 0 Å². The quantitative estimate of drug-likeness (QED) is 0.845. The first-order valence-electron chi connectivity index (χ1n) is 3.72. The van der Waals surface area contributed by atoms with Gasteiger partial charge in [0, 0.05) is 6.54 Å². The third-order valence-electron chi connectivity index (χ3n) is 1.89. The fourth-order valence-corrected chi connectivity index (χ4v) is 1.76. The van der Waals surface area contributed by atoms with Crippen LogP contribution in [0.1, 0.15) is 11.1 Å². The topological polar surface area (TPSA) is 35.2 Å². The molecule has 0 aliphatic carbocycles. The van der Waals surface area contributed by atoms with Crippen LogP contribution in [0.4, 0.5) is 0 Å². The maximum atomic E-state index is 5.55. The van der Waals surface area contributed by atoms with Crippen molar-refractivity contribution >= 4 is 15.9 Å². The normalized spacial score (nSPS) is 10.0. The third kappa shape index (κ3) is 1.62. The average Bonchev–Trinajstić information content (AvgIpc) is 2.06. The summed E-state index contributed by atoms with van der Waals surface area (Å²) in [6.45, 7) is 2.56. The van der Waals surface area contributed by atoms with Crippen LogP contribution < -0.4 is 10.5 Å². The Labute approximate surface area is 80.8 Å². The van der Waals surface area contributed by atoms with E-state index in [2.05, 4.69) is 15.9 Å². The molecule has 0 aromatic heterocycles. The number of benzene rings is 1. The first-order valence-corrected chi connectivity index (χ1v) is 4.52. The van der Waals surface area contributed by atoms with E-state index in [0.717, 1.165) is 21.3 Å². The Morgan fingerprint density at radius 3 is 2.67 bits per heavy atom. The number of nitrogens with two attached hydrogens (primary N) is 1. The van der Waals surface area contributed by atoms with Crippen LogP contribution >= 0.6 is 15.9 Å². The van der Waals surface area contributed by atoms with Gasteiger partial charge in [-0.05, 0) is 40.0 Å². The fourth-order valence-electron chi connectivity index (χ4n) is 1.17. The maximum absolute atomic E-state index is 5.55. The molecule has 0 radical (unpaired) electrons. The summed E-state index contributed by atoms with van der Waals surface area (Å²) in [4.78, 5) is 0. The molecule has 0 amide bonds. The Kier molecular flexibility index (Phi) is 3.12. The van der Waals surface area contributed by atoms with Crippen LogP contribution in [0.15, 0.2) is 16.6 Å². The van der Waals surface area contributed by atoms with Crippen molar-refractivity contribution in [3.63, 3.8) is 0 Å².